The first-order valence-electron chi connectivity index (χ1n) is 6.67. The van der Waals surface area contributed by atoms with E-state index in [-0.39, 0.29) is 12.5 Å². The lowest BCUT2D eigenvalue weighted by Crippen LogP contribution is -2.36. The average molecular weight is 297 g/mol. The third-order valence-corrected chi connectivity index (χ3v) is 4.72. The van der Waals surface area contributed by atoms with Crippen LogP contribution in [0.5, 0.6) is 0 Å². The van der Waals surface area contributed by atoms with Crippen molar-refractivity contribution in [2.24, 2.45) is 5.92 Å². The zero-order valence-electron chi connectivity index (χ0n) is 11.6. The molecule has 0 saturated carbocycles. The van der Waals surface area contributed by atoms with Gasteiger partial charge in [0, 0.05) is 4.88 Å². The molecule has 2 rings (SSSR count). The lowest BCUT2D eigenvalue weighted by molar-refractivity contribution is -0.149. The monoisotopic (exact) mass is 297 g/mol. The number of hydrogen-bond donors (Lipinski definition) is 2. The molecular weight excluding hydrogens is 278 g/mol. The predicted octanol–water partition coefficient (Wildman–Crippen LogP) is 1.14. The van der Waals surface area contributed by atoms with Crippen molar-refractivity contribution in [3.8, 4) is 0 Å². The number of esters is 1. The Hall–Kier alpha value is -1.40. The van der Waals surface area contributed by atoms with Crippen molar-refractivity contribution in [1.29, 1.82) is 0 Å². The molecule has 0 radical (unpaired) electrons. The Morgan fingerprint density at radius 1 is 1.60 bits per heavy atom. The molecule has 110 valence electrons. The first-order chi connectivity index (χ1) is 9.51. The number of methoxy groups -OCH3 is 1. The fraction of sp³-hybridized carbons (Fsp3) is 0.571. The van der Waals surface area contributed by atoms with Crippen LogP contribution in [0, 0.1) is 5.92 Å². The highest BCUT2D eigenvalue weighted by atomic mass is 32.1. The van der Waals surface area contributed by atoms with Gasteiger partial charge in [0.15, 0.2) is 6.10 Å². The molecule has 1 heterocycles. The predicted molar refractivity (Wildman–Crippen MR) is 75.9 cm³/mol. The first-order valence-corrected chi connectivity index (χ1v) is 7.48. The number of hydrogen-bond acceptors (Lipinski definition) is 5. The summed E-state index contributed by atoms with van der Waals surface area (Å²) in [7, 11) is 1.20. The molecule has 0 fully saturated rings. The average Bonchev–Trinajstić information content (AvgIpc) is 2.86. The maximum Gasteiger partial charge on any atom is 0.336 e. The largest absolute Gasteiger partial charge is 0.467 e. The Balaban J connectivity index is 1.95. The highest BCUT2D eigenvalue weighted by Crippen LogP contribution is 2.32. The third kappa shape index (κ3) is 3.37. The SMILES string of the molecule is COC(=O)C(O)CNC(=O)c1cc2c(s1)CCC(C)C2. The van der Waals surface area contributed by atoms with Crippen molar-refractivity contribution < 1.29 is 19.4 Å². The highest BCUT2D eigenvalue weighted by Gasteiger charge is 2.22. The Morgan fingerprint density at radius 2 is 2.35 bits per heavy atom. The fourth-order valence-corrected chi connectivity index (χ4v) is 3.44. The van der Waals surface area contributed by atoms with Gasteiger partial charge in [-0.1, -0.05) is 6.92 Å². The van der Waals surface area contributed by atoms with Crippen molar-refractivity contribution in [2.75, 3.05) is 13.7 Å². The number of amides is 1. The van der Waals surface area contributed by atoms with E-state index in [9.17, 15) is 14.7 Å². The minimum Gasteiger partial charge on any atom is -0.467 e. The van der Waals surface area contributed by atoms with Gasteiger partial charge >= 0.3 is 5.97 Å². The van der Waals surface area contributed by atoms with E-state index in [0.717, 1.165) is 19.3 Å². The number of carbonyl (C=O) groups is 2. The van der Waals surface area contributed by atoms with E-state index in [1.165, 1.54) is 28.9 Å². The molecule has 0 saturated heterocycles. The van der Waals surface area contributed by atoms with Gasteiger partial charge in [-0.3, -0.25) is 4.79 Å². The molecule has 2 N–H and O–H groups in total. The summed E-state index contributed by atoms with van der Waals surface area (Å²) >= 11 is 1.50. The van der Waals surface area contributed by atoms with E-state index in [0.29, 0.717) is 10.8 Å². The Labute approximate surface area is 121 Å². The van der Waals surface area contributed by atoms with Gasteiger partial charge in [0.1, 0.15) is 0 Å². The van der Waals surface area contributed by atoms with Crippen LogP contribution >= 0.6 is 11.3 Å². The van der Waals surface area contributed by atoms with Gasteiger partial charge in [-0.25, -0.2) is 4.79 Å². The molecule has 0 aliphatic heterocycles. The number of ether oxygens (including phenoxy) is 1. The third-order valence-electron chi connectivity index (χ3n) is 3.48. The van der Waals surface area contributed by atoms with E-state index in [1.807, 2.05) is 6.07 Å². The normalized spacial score (nSPS) is 19.1. The molecule has 20 heavy (non-hydrogen) atoms. The summed E-state index contributed by atoms with van der Waals surface area (Å²) in [5, 5.41) is 12.0. The van der Waals surface area contributed by atoms with Crippen LogP contribution in [0.15, 0.2) is 6.07 Å². The number of carbonyl (C=O) groups excluding carboxylic acids is 2. The Morgan fingerprint density at radius 3 is 3.05 bits per heavy atom. The van der Waals surface area contributed by atoms with Crippen LogP contribution in [0.25, 0.3) is 0 Å². The van der Waals surface area contributed by atoms with Crippen LogP contribution in [0.3, 0.4) is 0 Å². The molecule has 0 spiro atoms. The van der Waals surface area contributed by atoms with Crippen LogP contribution in [-0.2, 0) is 22.4 Å². The molecule has 2 unspecified atom stereocenters. The second-order valence-corrected chi connectivity index (χ2v) is 6.29. The van der Waals surface area contributed by atoms with E-state index >= 15 is 0 Å². The van der Waals surface area contributed by atoms with Crippen LogP contribution in [0.1, 0.15) is 33.5 Å². The second kappa shape index (κ2) is 6.37. The molecule has 1 aromatic rings. The summed E-state index contributed by atoms with van der Waals surface area (Å²) in [6.45, 7) is 2.08. The van der Waals surface area contributed by atoms with Gasteiger partial charge in [-0.2, -0.15) is 0 Å². The van der Waals surface area contributed by atoms with Crippen LogP contribution in [0.2, 0.25) is 0 Å². The number of thiophene rings is 1. The topological polar surface area (TPSA) is 75.6 Å². The Bertz CT molecular complexity index is 511. The lowest BCUT2D eigenvalue weighted by atomic mass is 9.90. The summed E-state index contributed by atoms with van der Waals surface area (Å²) in [4.78, 5) is 25.0. The van der Waals surface area contributed by atoms with Gasteiger partial charge in [-0.15, -0.1) is 11.3 Å². The number of fused-ring (bicyclic) bond motifs is 1. The molecule has 6 heteroatoms. The van der Waals surface area contributed by atoms with Gasteiger partial charge in [0.05, 0.1) is 18.5 Å². The molecule has 1 aromatic heterocycles. The van der Waals surface area contributed by atoms with Crippen molar-refractivity contribution in [3.63, 3.8) is 0 Å². The fourth-order valence-electron chi connectivity index (χ4n) is 2.31. The molecular formula is C14H19NO4S. The molecule has 1 aliphatic carbocycles. The second-order valence-electron chi connectivity index (χ2n) is 5.16. The van der Waals surface area contributed by atoms with Crippen molar-refractivity contribution in [1.82, 2.24) is 5.32 Å². The quantitative estimate of drug-likeness (QED) is 0.817. The zero-order chi connectivity index (χ0) is 14.7. The minimum absolute atomic E-state index is 0.134. The highest BCUT2D eigenvalue weighted by molar-refractivity contribution is 7.14. The van der Waals surface area contributed by atoms with Crippen LogP contribution < -0.4 is 5.32 Å². The van der Waals surface area contributed by atoms with Gasteiger partial charge in [0.25, 0.3) is 5.91 Å². The summed E-state index contributed by atoms with van der Waals surface area (Å²) in [6, 6.07) is 1.93. The zero-order valence-corrected chi connectivity index (χ0v) is 12.5. The smallest absolute Gasteiger partial charge is 0.336 e. The van der Waals surface area contributed by atoms with E-state index in [4.69, 9.17) is 0 Å². The number of nitrogens with one attached hydrogen (secondary N) is 1. The first kappa shape index (κ1) is 15.0. The molecule has 0 bridgehead atoms. The van der Waals surface area contributed by atoms with Crippen molar-refractivity contribution in [3.05, 3.63) is 21.4 Å². The van der Waals surface area contributed by atoms with E-state index in [1.54, 1.807) is 0 Å². The molecule has 5 nitrogen and oxygen atoms in total. The summed E-state index contributed by atoms with van der Waals surface area (Å²) in [6.07, 6.45) is 1.89. The molecule has 1 aliphatic rings. The van der Waals surface area contributed by atoms with Crippen LogP contribution in [-0.4, -0.2) is 36.7 Å². The molecule has 0 aromatic carbocycles. The molecule has 2 atom stereocenters. The van der Waals surface area contributed by atoms with Crippen molar-refractivity contribution in [2.45, 2.75) is 32.3 Å². The maximum absolute atomic E-state index is 12.0. The summed E-state index contributed by atoms with van der Waals surface area (Å²) in [5.74, 6) is -0.334. The number of aryl methyl sites for hydroxylation is 1. The van der Waals surface area contributed by atoms with Gasteiger partial charge < -0.3 is 15.2 Å². The molecule has 1 amide bonds. The number of aliphatic hydroxyl groups is 1. The summed E-state index contributed by atoms with van der Waals surface area (Å²) < 4.78 is 4.39. The van der Waals surface area contributed by atoms with E-state index in [2.05, 4.69) is 17.0 Å². The summed E-state index contributed by atoms with van der Waals surface area (Å²) in [5.41, 5.74) is 1.26. The van der Waals surface area contributed by atoms with Gasteiger partial charge in [0.2, 0.25) is 0 Å². The maximum atomic E-state index is 12.0. The number of rotatable bonds is 4. The lowest BCUT2D eigenvalue weighted by Gasteiger charge is -2.16. The standard InChI is InChI=1S/C14H19NO4S/c1-8-3-4-11-9(5-8)6-12(20-11)13(17)15-7-10(16)14(18)19-2/h6,8,10,16H,3-5,7H2,1-2H3,(H,15,17). The van der Waals surface area contributed by atoms with Crippen LogP contribution in [0.4, 0.5) is 0 Å². The van der Waals surface area contributed by atoms with E-state index < -0.39 is 12.1 Å². The van der Waals surface area contributed by atoms with Gasteiger partial charge in [-0.05, 0) is 36.8 Å². The minimum atomic E-state index is -1.32. The Kier molecular flexibility index (Phi) is 4.77. The number of aliphatic hydroxyl groups excluding tert-OH is 1. The van der Waals surface area contributed by atoms with Crippen molar-refractivity contribution >= 4 is 23.2 Å².